The number of hydrogen-bond donors (Lipinski definition) is 1. The van der Waals surface area contributed by atoms with Crippen molar-refractivity contribution in [1.82, 2.24) is 14.7 Å². The third kappa shape index (κ3) is 2.99. The van der Waals surface area contributed by atoms with Gasteiger partial charge in [-0.1, -0.05) is 12.1 Å². The van der Waals surface area contributed by atoms with Crippen molar-refractivity contribution < 1.29 is 22.4 Å². The molecule has 1 aliphatic heterocycles. The van der Waals surface area contributed by atoms with Crippen LogP contribution in [0.25, 0.3) is 5.69 Å². The molecule has 1 saturated heterocycles. The van der Waals surface area contributed by atoms with Gasteiger partial charge >= 0.3 is 6.18 Å². The monoisotopic (exact) mass is 382 g/mol. The topological polar surface area (TPSA) is 64.2 Å². The van der Waals surface area contributed by atoms with Gasteiger partial charge in [0.1, 0.15) is 11.5 Å². The quantitative estimate of drug-likeness (QED) is 0.813. The number of amides is 1. The van der Waals surface area contributed by atoms with Gasteiger partial charge in [-0.3, -0.25) is 4.79 Å². The Hall–Kier alpha value is -2.42. The predicted molar refractivity (Wildman–Crippen MR) is 88.6 cm³/mol. The summed E-state index contributed by atoms with van der Waals surface area (Å²) < 4.78 is 55.6. The van der Waals surface area contributed by atoms with Gasteiger partial charge in [-0.15, -0.1) is 0 Å². The van der Waals surface area contributed by atoms with Crippen LogP contribution in [0.15, 0.2) is 30.5 Å². The largest absolute Gasteiger partial charge is 0.434 e. The Labute approximate surface area is 152 Å². The van der Waals surface area contributed by atoms with Gasteiger partial charge in [0.25, 0.3) is 5.91 Å². The van der Waals surface area contributed by atoms with Crippen LogP contribution in [0.4, 0.5) is 17.6 Å². The number of carbonyl (C=O) groups is 1. The van der Waals surface area contributed by atoms with Crippen LogP contribution in [0, 0.1) is 17.7 Å². The summed E-state index contributed by atoms with van der Waals surface area (Å²) in [5.41, 5.74) is 3.85. The van der Waals surface area contributed by atoms with E-state index in [2.05, 4.69) is 5.10 Å². The van der Waals surface area contributed by atoms with E-state index in [4.69, 9.17) is 5.73 Å². The van der Waals surface area contributed by atoms with Gasteiger partial charge < -0.3 is 10.6 Å². The standard InChI is InChI=1S/C18H18F4N4O/c19-13-3-1-2-4-15(13)26-16(18(20,21)22)11(7-24-26)17(27)25-8-10-5-6-14(23)12(10)9-25/h1-4,7,10,12,14H,5-6,8-9,23H2. The van der Waals surface area contributed by atoms with E-state index in [0.29, 0.717) is 17.8 Å². The van der Waals surface area contributed by atoms with E-state index < -0.39 is 29.2 Å². The Balaban J connectivity index is 1.72. The molecule has 3 atom stereocenters. The van der Waals surface area contributed by atoms with Crippen molar-refractivity contribution >= 4 is 5.91 Å². The maximum atomic E-state index is 14.0. The van der Waals surface area contributed by atoms with Gasteiger partial charge in [-0.25, -0.2) is 9.07 Å². The van der Waals surface area contributed by atoms with Gasteiger partial charge in [0, 0.05) is 19.1 Å². The minimum atomic E-state index is -4.87. The summed E-state index contributed by atoms with van der Waals surface area (Å²) in [5.74, 6) is -1.26. The lowest BCUT2D eigenvalue weighted by atomic mass is 9.98. The van der Waals surface area contributed by atoms with Crippen LogP contribution in [0.2, 0.25) is 0 Å². The van der Waals surface area contributed by atoms with E-state index in [1.54, 1.807) is 0 Å². The molecule has 2 aliphatic rings. The van der Waals surface area contributed by atoms with Crippen LogP contribution in [-0.2, 0) is 6.18 Å². The molecule has 2 aromatic rings. The second-order valence-electron chi connectivity index (χ2n) is 7.14. The predicted octanol–water partition coefficient (Wildman–Crippen LogP) is 2.84. The van der Waals surface area contributed by atoms with Crippen molar-refractivity contribution in [3.8, 4) is 5.69 Å². The van der Waals surface area contributed by atoms with E-state index in [9.17, 15) is 22.4 Å². The Morgan fingerprint density at radius 3 is 2.59 bits per heavy atom. The summed E-state index contributed by atoms with van der Waals surface area (Å²) >= 11 is 0. The highest BCUT2D eigenvalue weighted by molar-refractivity contribution is 5.95. The van der Waals surface area contributed by atoms with Crippen LogP contribution in [0.1, 0.15) is 28.9 Å². The lowest BCUT2D eigenvalue weighted by molar-refractivity contribution is -0.143. The molecular formula is C18H18F4N4O. The number of aromatic nitrogens is 2. The Morgan fingerprint density at radius 1 is 1.19 bits per heavy atom. The second-order valence-corrected chi connectivity index (χ2v) is 7.14. The van der Waals surface area contributed by atoms with Gasteiger partial charge in [-0.2, -0.15) is 18.3 Å². The summed E-state index contributed by atoms with van der Waals surface area (Å²) in [6.45, 7) is 0.728. The average molecular weight is 382 g/mol. The highest BCUT2D eigenvalue weighted by Gasteiger charge is 2.46. The number of likely N-dealkylation sites (tertiary alicyclic amines) is 1. The molecular weight excluding hydrogens is 364 g/mol. The van der Waals surface area contributed by atoms with Crippen molar-refractivity contribution in [2.75, 3.05) is 13.1 Å². The number of nitrogens with two attached hydrogens (primary N) is 1. The zero-order valence-corrected chi connectivity index (χ0v) is 14.3. The van der Waals surface area contributed by atoms with Crippen molar-refractivity contribution in [3.63, 3.8) is 0 Å². The van der Waals surface area contributed by atoms with Gasteiger partial charge in [0.2, 0.25) is 0 Å². The molecule has 9 heteroatoms. The molecule has 0 bridgehead atoms. The van der Waals surface area contributed by atoms with E-state index in [-0.39, 0.29) is 23.6 Å². The third-order valence-electron chi connectivity index (χ3n) is 5.55. The number of benzene rings is 1. The molecule has 1 aromatic heterocycles. The lowest BCUT2D eigenvalue weighted by Crippen LogP contribution is -2.34. The van der Waals surface area contributed by atoms with Crippen LogP contribution >= 0.6 is 0 Å². The summed E-state index contributed by atoms with van der Waals surface area (Å²) in [6, 6.07) is 4.97. The number of alkyl halides is 3. The molecule has 2 heterocycles. The number of fused-ring (bicyclic) bond motifs is 1. The maximum absolute atomic E-state index is 14.0. The zero-order valence-electron chi connectivity index (χ0n) is 14.3. The first-order valence-electron chi connectivity index (χ1n) is 8.72. The summed E-state index contributed by atoms with van der Waals surface area (Å²) in [5, 5.41) is 3.68. The maximum Gasteiger partial charge on any atom is 0.434 e. The second kappa shape index (κ2) is 6.33. The molecule has 0 radical (unpaired) electrons. The molecule has 0 spiro atoms. The fraction of sp³-hybridized carbons (Fsp3) is 0.444. The molecule has 1 aliphatic carbocycles. The molecule has 3 unspecified atom stereocenters. The van der Waals surface area contributed by atoms with E-state index in [1.807, 2.05) is 0 Å². The molecule has 27 heavy (non-hydrogen) atoms. The first kappa shape index (κ1) is 18.0. The molecule has 5 nitrogen and oxygen atoms in total. The highest BCUT2D eigenvalue weighted by Crippen LogP contribution is 2.39. The van der Waals surface area contributed by atoms with Crippen molar-refractivity contribution in [1.29, 1.82) is 0 Å². The average Bonchev–Trinajstić information content (AvgIpc) is 3.30. The van der Waals surface area contributed by atoms with Crippen molar-refractivity contribution in [2.45, 2.75) is 25.1 Å². The third-order valence-corrected chi connectivity index (χ3v) is 5.55. The molecule has 2 fully saturated rings. The number of para-hydroxylation sites is 1. The Bertz CT molecular complexity index is 878. The number of hydrogen-bond acceptors (Lipinski definition) is 3. The van der Waals surface area contributed by atoms with Gasteiger partial charge in [0.05, 0.1) is 11.8 Å². The van der Waals surface area contributed by atoms with Crippen LogP contribution in [0.3, 0.4) is 0 Å². The fourth-order valence-electron chi connectivity index (χ4n) is 4.23. The smallest absolute Gasteiger partial charge is 0.338 e. The Morgan fingerprint density at radius 2 is 1.93 bits per heavy atom. The molecule has 1 saturated carbocycles. The zero-order chi connectivity index (χ0) is 19.3. The SMILES string of the molecule is NC1CCC2CN(C(=O)c3cnn(-c4ccccc4F)c3C(F)(F)F)CC12. The summed E-state index contributed by atoms with van der Waals surface area (Å²) in [4.78, 5) is 14.2. The van der Waals surface area contributed by atoms with Gasteiger partial charge in [0.15, 0.2) is 5.69 Å². The van der Waals surface area contributed by atoms with Crippen LogP contribution in [0.5, 0.6) is 0 Å². The minimum absolute atomic E-state index is 0.0315. The molecule has 144 valence electrons. The van der Waals surface area contributed by atoms with E-state index in [1.165, 1.54) is 23.1 Å². The molecule has 1 amide bonds. The number of carbonyl (C=O) groups excluding carboxylic acids is 1. The molecule has 4 rings (SSSR count). The number of rotatable bonds is 2. The normalized spacial score (nSPS) is 25.1. The highest BCUT2D eigenvalue weighted by atomic mass is 19.4. The number of nitrogens with zero attached hydrogens (tertiary/aromatic N) is 3. The minimum Gasteiger partial charge on any atom is -0.338 e. The van der Waals surface area contributed by atoms with E-state index >= 15 is 0 Å². The first-order valence-corrected chi connectivity index (χ1v) is 8.72. The first-order chi connectivity index (χ1) is 12.8. The van der Waals surface area contributed by atoms with E-state index in [0.717, 1.165) is 25.1 Å². The summed E-state index contributed by atoms with van der Waals surface area (Å²) in [7, 11) is 0. The fourth-order valence-corrected chi connectivity index (χ4v) is 4.23. The molecule has 1 aromatic carbocycles. The van der Waals surface area contributed by atoms with Gasteiger partial charge in [-0.05, 0) is 36.8 Å². The Kier molecular flexibility index (Phi) is 4.21. The number of halogens is 4. The van der Waals surface area contributed by atoms with Crippen LogP contribution in [-0.4, -0.2) is 39.7 Å². The van der Waals surface area contributed by atoms with Crippen LogP contribution < -0.4 is 5.73 Å². The molecule has 2 N–H and O–H groups in total. The van der Waals surface area contributed by atoms with Crippen molar-refractivity contribution in [3.05, 3.63) is 47.5 Å². The van der Waals surface area contributed by atoms with Crippen molar-refractivity contribution in [2.24, 2.45) is 17.6 Å². The lowest BCUT2D eigenvalue weighted by Gasteiger charge is -2.20. The summed E-state index contributed by atoms with van der Waals surface area (Å²) in [6.07, 6.45) is -2.26.